The summed E-state index contributed by atoms with van der Waals surface area (Å²) < 4.78 is 34.1. The van der Waals surface area contributed by atoms with Crippen molar-refractivity contribution in [3.8, 4) is 0 Å². The zero-order chi connectivity index (χ0) is 9.78. The smallest absolute Gasteiger partial charge is 0.759 e. The fourth-order valence-corrected chi connectivity index (χ4v) is 0.783. The van der Waals surface area contributed by atoms with Gasteiger partial charge in [0.2, 0.25) is 5.91 Å². The number of amides is 1. The predicted molar refractivity (Wildman–Crippen MR) is 37.3 cm³/mol. The van der Waals surface area contributed by atoms with Crippen LogP contribution >= 0.6 is 0 Å². The third kappa shape index (κ3) is 15.8. The molecule has 0 aliphatic carbocycles. The molecule has 1 amide bonds. The largest absolute Gasteiger partial charge is 1.00 e. The van der Waals surface area contributed by atoms with Crippen molar-refractivity contribution in [2.24, 2.45) is 0 Å². The minimum Gasteiger partial charge on any atom is -0.759 e. The van der Waals surface area contributed by atoms with Gasteiger partial charge in [-0.15, -0.1) is 0 Å². The molecule has 1 heterocycles. The molecule has 1 aliphatic heterocycles. The van der Waals surface area contributed by atoms with E-state index in [4.69, 9.17) is 17.5 Å². The van der Waals surface area contributed by atoms with Crippen LogP contribution in [0.25, 0.3) is 0 Å². The molecule has 14 heavy (non-hydrogen) atoms. The zero-order valence-electron chi connectivity index (χ0n) is 8.52. The summed E-state index contributed by atoms with van der Waals surface area (Å²) in [6.07, 6.45) is 1.81. The van der Waals surface area contributed by atoms with Crippen LogP contribution in [0.1, 0.15) is 12.8 Å². The third-order valence-electron chi connectivity index (χ3n) is 1.31. The van der Waals surface area contributed by atoms with Gasteiger partial charge in [-0.3, -0.25) is 13.2 Å². The number of hydrogen-bond donors (Lipinski definition) is 0. The maximum atomic E-state index is 10.5. The molecule has 72 valence electrons. The van der Waals surface area contributed by atoms with Crippen LogP contribution in [0.3, 0.4) is 0 Å². The van der Waals surface area contributed by atoms with E-state index in [2.05, 4.69) is 0 Å². The molecule has 9 heteroatoms. The first-order chi connectivity index (χ1) is 5.30. The van der Waals surface area contributed by atoms with Crippen LogP contribution in [0.15, 0.2) is 0 Å². The molecule has 0 aromatic carbocycles. The molecule has 1 rings (SSSR count). The van der Waals surface area contributed by atoms with Crippen LogP contribution in [0.2, 0.25) is 0 Å². The van der Waals surface area contributed by atoms with Crippen LogP contribution in [0.5, 0.6) is 0 Å². The van der Waals surface area contributed by atoms with E-state index in [9.17, 15) is 4.79 Å². The van der Waals surface area contributed by atoms with Gasteiger partial charge < -0.3 is 14.0 Å². The van der Waals surface area contributed by atoms with Gasteiger partial charge in [0.25, 0.3) is 0 Å². The summed E-state index contributed by atoms with van der Waals surface area (Å²) in [5.74, 6) is 0.292. The molecule has 0 radical (unpaired) electrons. The van der Waals surface area contributed by atoms with Gasteiger partial charge in [-0.25, -0.2) is 0 Å². The first-order valence-corrected chi connectivity index (χ1v) is 4.54. The van der Waals surface area contributed by atoms with Gasteiger partial charge in [-0.2, -0.15) is 0 Å². The third-order valence-corrected chi connectivity index (χ3v) is 1.31. The van der Waals surface area contributed by atoms with E-state index in [1.807, 2.05) is 7.05 Å². The second-order valence-electron chi connectivity index (χ2n) is 2.33. The number of likely N-dealkylation sites (tertiary alicyclic amines) is 1. The Kier molecular flexibility index (Phi) is 14.1. The molecule has 0 N–H and O–H groups in total. The Morgan fingerprint density at radius 2 is 1.64 bits per heavy atom. The Bertz CT molecular complexity index is 247. The molecule has 6 nitrogen and oxygen atoms in total. The molecule has 0 spiro atoms. The molecule has 0 saturated carbocycles. The monoisotopic (exact) mass is 241 g/mol. The van der Waals surface area contributed by atoms with Gasteiger partial charge >= 0.3 is 59.1 Å². The van der Waals surface area contributed by atoms with Gasteiger partial charge in [0.05, 0.1) is 0 Å². The van der Waals surface area contributed by atoms with Gasteiger partial charge in [0.15, 0.2) is 0 Å². The first kappa shape index (κ1) is 20.7. The number of carbonyl (C=O) groups is 1. The maximum Gasteiger partial charge on any atom is 1.00 e. The van der Waals surface area contributed by atoms with Crippen LogP contribution in [-0.2, 0) is 15.2 Å². The van der Waals surface area contributed by atoms with Crippen molar-refractivity contribution >= 4 is 16.3 Å². The summed E-state index contributed by atoms with van der Waals surface area (Å²) >= 11 is 0. The van der Waals surface area contributed by atoms with Crippen molar-refractivity contribution in [3.05, 3.63) is 0 Å². The Hall–Kier alpha value is 1.34. The Labute approximate surface area is 128 Å². The molecule has 0 aromatic rings. The molecule has 1 saturated heterocycles. The van der Waals surface area contributed by atoms with E-state index in [0.717, 1.165) is 19.4 Å². The van der Waals surface area contributed by atoms with Crippen molar-refractivity contribution in [2.45, 2.75) is 12.8 Å². The first-order valence-electron chi connectivity index (χ1n) is 3.21. The summed E-state index contributed by atoms with van der Waals surface area (Å²) in [6, 6.07) is 0. The van der Waals surface area contributed by atoms with E-state index in [0.29, 0.717) is 5.91 Å². The molecular formula is C5H9NNa2O5S. The SMILES string of the molecule is CN1CCCC1=O.O=S(=O)([O-])[O-].[Na+].[Na+]. The van der Waals surface area contributed by atoms with E-state index < -0.39 is 10.4 Å². The van der Waals surface area contributed by atoms with Crippen LogP contribution < -0.4 is 59.1 Å². The fourth-order valence-electron chi connectivity index (χ4n) is 0.783. The second-order valence-corrected chi connectivity index (χ2v) is 3.14. The average molecular weight is 241 g/mol. The van der Waals surface area contributed by atoms with Gasteiger partial charge in [0, 0.05) is 30.4 Å². The molecule has 1 fully saturated rings. The standard InChI is InChI=1S/C5H9NO.2Na.H2O4S/c1-6-4-2-3-5(6)7;;;1-5(2,3)4/h2-4H2,1H3;;;(H2,1,2,3,4)/q;2*+1;/p-2. The molecule has 0 aromatic heterocycles. The van der Waals surface area contributed by atoms with Gasteiger partial charge in [0.1, 0.15) is 0 Å². The minimum atomic E-state index is -5.17. The second kappa shape index (κ2) is 9.56. The number of carbonyl (C=O) groups excluding carboxylic acids is 1. The quantitative estimate of drug-likeness (QED) is 0.238. The van der Waals surface area contributed by atoms with E-state index in [1.165, 1.54) is 0 Å². The van der Waals surface area contributed by atoms with E-state index >= 15 is 0 Å². The van der Waals surface area contributed by atoms with Crippen LogP contribution in [0, 0.1) is 0 Å². The van der Waals surface area contributed by atoms with Gasteiger partial charge in [-0.1, -0.05) is 0 Å². The van der Waals surface area contributed by atoms with Crippen molar-refractivity contribution in [3.63, 3.8) is 0 Å². The molecule has 0 bridgehead atoms. The van der Waals surface area contributed by atoms with Crippen molar-refractivity contribution in [1.29, 1.82) is 0 Å². The van der Waals surface area contributed by atoms with Crippen LogP contribution in [-0.4, -0.2) is 41.9 Å². The number of hydrogen-bond acceptors (Lipinski definition) is 5. The summed E-state index contributed by atoms with van der Waals surface area (Å²) in [4.78, 5) is 12.3. The Morgan fingerprint density at radius 3 is 1.71 bits per heavy atom. The zero-order valence-corrected chi connectivity index (χ0v) is 13.3. The molecule has 0 unspecified atom stereocenters. The molecular weight excluding hydrogens is 232 g/mol. The van der Waals surface area contributed by atoms with Gasteiger partial charge in [-0.05, 0) is 6.42 Å². The van der Waals surface area contributed by atoms with Crippen molar-refractivity contribution in [1.82, 2.24) is 4.90 Å². The molecule has 1 aliphatic rings. The predicted octanol–water partition coefficient (Wildman–Crippen LogP) is -7.09. The Balaban J connectivity index is -0.000000159. The van der Waals surface area contributed by atoms with E-state index in [1.54, 1.807) is 4.90 Å². The van der Waals surface area contributed by atoms with Crippen LogP contribution in [0.4, 0.5) is 0 Å². The maximum absolute atomic E-state index is 10.5. The normalized spacial score (nSPS) is 14.8. The summed E-state index contributed by atoms with van der Waals surface area (Å²) in [7, 11) is -3.32. The average Bonchev–Trinajstić information content (AvgIpc) is 2.12. The van der Waals surface area contributed by atoms with E-state index in [-0.39, 0.29) is 59.1 Å². The summed E-state index contributed by atoms with van der Waals surface area (Å²) in [5.41, 5.74) is 0. The topological polar surface area (TPSA) is 101 Å². The Morgan fingerprint density at radius 1 is 1.29 bits per heavy atom. The number of nitrogens with zero attached hydrogens (tertiary/aromatic N) is 1. The molecule has 0 atom stereocenters. The fraction of sp³-hybridized carbons (Fsp3) is 0.800. The summed E-state index contributed by atoms with van der Waals surface area (Å²) in [6.45, 7) is 0.957. The minimum absolute atomic E-state index is 0. The van der Waals surface area contributed by atoms with Crippen molar-refractivity contribution in [2.75, 3.05) is 13.6 Å². The van der Waals surface area contributed by atoms with Crippen molar-refractivity contribution < 1.29 is 81.4 Å². The number of rotatable bonds is 0. The summed E-state index contributed by atoms with van der Waals surface area (Å²) in [5, 5.41) is 0.